The minimum absolute atomic E-state index is 0.290. The molecule has 2 N–H and O–H groups in total. The Bertz CT molecular complexity index is 681. The minimum atomic E-state index is -3.43. The molecule has 0 amide bonds. The van der Waals surface area contributed by atoms with Gasteiger partial charge in [-0.15, -0.1) is 11.3 Å². The van der Waals surface area contributed by atoms with Crippen LogP contribution in [-0.4, -0.2) is 21.5 Å². The van der Waals surface area contributed by atoms with Crippen molar-refractivity contribution in [1.29, 1.82) is 0 Å². The molecule has 1 heterocycles. The summed E-state index contributed by atoms with van der Waals surface area (Å²) < 4.78 is 27.4. The SMILES string of the molecule is Cc1ccc(S(=O)(=O)NCCNCc2ccc(Cl)s2)cc1. The van der Waals surface area contributed by atoms with E-state index < -0.39 is 10.0 Å². The van der Waals surface area contributed by atoms with Gasteiger partial charge in [-0.3, -0.25) is 0 Å². The second-order valence-corrected chi connectivity index (χ2v) is 8.16. The van der Waals surface area contributed by atoms with Gasteiger partial charge in [-0.25, -0.2) is 13.1 Å². The second-order valence-electron chi connectivity index (χ2n) is 4.59. The third kappa shape index (κ3) is 5.09. The second kappa shape index (κ2) is 7.38. The van der Waals surface area contributed by atoms with Crippen molar-refractivity contribution in [2.45, 2.75) is 18.4 Å². The van der Waals surface area contributed by atoms with Gasteiger partial charge in [-0.05, 0) is 31.2 Å². The van der Waals surface area contributed by atoms with Crippen molar-refractivity contribution in [3.8, 4) is 0 Å². The number of benzene rings is 1. The van der Waals surface area contributed by atoms with Gasteiger partial charge in [-0.2, -0.15) is 0 Å². The van der Waals surface area contributed by atoms with Crippen molar-refractivity contribution in [2.75, 3.05) is 13.1 Å². The van der Waals surface area contributed by atoms with Crippen LogP contribution in [0.1, 0.15) is 10.4 Å². The van der Waals surface area contributed by atoms with E-state index >= 15 is 0 Å². The monoisotopic (exact) mass is 344 g/mol. The highest BCUT2D eigenvalue weighted by Gasteiger charge is 2.12. The molecular formula is C14H17ClN2O2S2. The number of hydrogen-bond donors (Lipinski definition) is 2. The number of aryl methyl sites for hydroxylation is 1. The van der Waals surface area contributed by atoms with Crippen molar-refractivity contribution >= 4 is 33.0 Å². The number of halogens is 1. The molecule has 1 aromatic carbocycles. The Morgan fingerprint density at radius 3 is 2.43 bits per heavy atom. The molecule has 2 rings (SSSR count). The summed E-state index contributed by atoms with van der Waals surface area (Å²) in [4.78, 5) is 1.42. The molecule has 0 fully saturated rings. The van der Waals surface area contributed by atoms with Crippen LogP contribution < -0.4 is 10.0 Å². The molecule has 0 aliphatic carbocycles. The third-order valence-corrected chi connectivity index (χ3v) is 5.56. The first kappa shape index (κ1) is 16.5. The average Bonchev–Trinajstić information content (AvgIpc) is 2.84. The Balaban J connectivity index is 1.76. The van der Waals surface area contributed by atoms with Gasteiger partial charge in [0.15, 0.2) is 0 Å². The topological polar surface area (TPSA) is 58.2 Å². The summed E-state index contributed by atoms with van der Waals surface area (Å²) in [5.41, 5.74) is 1.03. The molecule has 0 bridgehead atoms. The van der Waals surface area contributed by atoms with Crippen molar-refractivity contribution in [2.24, 2.45) is 0 Å². The number of nitrogens with one attached hydrogen (secondary N) is 2. The first-order chi connectivity index (χ1) is 9.97. The van der Waals surface area contributed by atoms with Crippen molar-refractivity contribution < 1.29 is 8.42 Å². The van der Waals surface area contributed by atoms with Crippen molar-refractivity contribution in [3.05, 3.63) is 51.2 Å². The van der Waals surface area contributed by atoms with E-state index in [0.29, 0.717) is 19.6 Å². The zero-order valence-electron chi connectivity index (χ0n) is 11.6. The van der Waals surface area contributed by atoms with E-state index in [2.05, 4.69) is 10.0 Å². The van der Waals surface area contributed by atoms with Gasteiger partial charge in [0.05, 0.1) is 9.23 Å². The summed E-state index contributed by atoms with van der Waals surface area (Å²) in [6.45, 7) is 3.50. The molecule has 0 saturated heterocycles. The Kier molecular flexibility index (Phi) is 5.78. The average molecular weight is 345 g/mol. The maximum absolute atomic E-state index is 12.0. The van der Waals surface area contributed by atoms with Gasteiger partial charge in [0, 0.05) is 24.5 Å². The molecule has 21 heavy (non-hydrogen) atoms. The fraction of sp³-hybridized carbons (Fsp3) is 0.286. The normalized spacial score (nSPS) is 11.7. The molecule has 2 aromatic rings. The van der Waals surface area contributed by atoms with E-state index in [0.717, 1.165) is 14.8 Å². The fourth-order valence-electron chi connectivity index (χ4n) is 1.73. The molecule has 0 radical (unpaired) electrons. The number of thiophene rings is 1. The number of sulfonamides is 1. The van der Waals surface area contributed by atoms with Crippen LogP contribution in [0.15, 0.2) is 41.3 Å². The molecule has 0 saturated carbocycles. The molecular weight excluding hydrogens is 328 g/mol. The fourth-order valence-corrected chi connectivity index (χ4v) is 3.82. The standard InChI is InChI=1S/C14H17ClN2O2S2/c1-11-2-5-13(6-3-11)21(18,19)17-9-8-16-10-12-4-7-14(15)20-12/h2-7,16-17H,8-10H2,1H3. The van der Waals surface area contributed by atoms with Crippen LogP contribution in [0.25, 0.3) is 0 Å². The van der Waals surface area contributed by atoms with E-state index in [-0.39, 0.29) is 4.90 Å². The quantitative estimate of drug-likeness (QED) is 0.759. The Hall–Kier alpha value is -0.920. The lowest BCUT2D eigenvalue weighted by molar-refractivity contribution is 0.576. The highest BCUT2D eigenvalue weighted by Crippen LogP contribution is 2.20. The molecule has 1 aromatic heterocycles. The first-order valence-electron chi connectivity index (χ1n) is 6.49. The lowest BCUT2D eigenvalue weighted by Gasteiger charge is -2.07. The van der Waals surface area contributed by atoms with Crippen LogP contribution in [-0.2, 0) is 16.6 Å². The summed E-state index contributed by atoms with van der Waals surface area (Å²) in [5, 5.41) is 3.17. The molecule has 0 atom stereocenters. The molecule has 0 spiro atoms. The van der Waals surface area contributed by atoms with Crippen LogP contribution in [0.4, 0.5) is 0 Å². The van der Waals surface area contributed by atoms with Crippen LogP contribution >= 0.6 is 22.9 Å². The lowest BCUT2D eigenvalue weighted by Crippen LogP contribution is -2.31. The Morgan fingerprint density at radius 2 is 1.81 bits per heavy atom. The summed E-state index contributed by atoms with van der Waals surface area (Å²) >= 11 is 7.35. The summed E-state index contributed by atoms with van der Waals surface area (Å²) in [7, 11) is -3.43. The van der Waals surface area contributed by atoms with E-state index in [1.54, 1.807) is 24.3 Å². The van der Waals surface area contributed by atoms with Gasteiger partial charge < -0.3 is 5.32 Å². The third-order valence-electron chi connectivity index (χ3n) is 2.85. The lowest BCUT2D eigenvalue weighted by atomic mass is 10.2. The van der Waals surface area contributed by atoms with E-state index in [4.69, 9.17) is 11.6 Å². The zero-order chi connectivity index (χ0) is 15.3. The molecule has 0 aliphatic heterocycles. The highest BCUT2D eigenvalue weighted by atomic mass is 35.5. The van der Waals surface area contributed by atoms with Crippen LogP contribution in [0.2, 0.25) is 4.34 Å². The van der Waals surface area contributed by atoms with Gasteiger partial charge >= 0.3 is 0 Å². The van der Waals surface area contributed by atoms with E-state index in [9.17, 15) is 8.42 Å². The predicted octanol–water partition coefficient (Wildman–Crippen LogP) is 2.78. The summed E-state index contributed by atoms with van der Waals surface area (Å²) in [6, 6.07) is 10.6. The number of rotatable bonds is 7. The summed E-state index contributed by atoms with van der Waals surface area (Å²) in [6.07, 6.45) is 0. The van der Waals surface area contributed by atoms with Crippen molar-refractivity contribution in [1.82, 2.24) is 10.0 Å². The van der Waals surface area contributed by atoms with E-state index in [1.807, 2.05) is 19.1 Å². The zero-order valence-corrected chi connectivity index (χ0v) is 14.0. The van der Waals surface area contributed by atoms with Gasteiger partial charge in [0.1, 0.15) is 0 Å². The molecule has 4 nitrogen and oxygen atoms in total. The molecule has 0 aliphatic rings. The smallest absolute Gasteiger partial charge is 0.240 e. The predicted molar refractivity (Wildman–Crippen MR) is 87.4 cm³/mol. The first-order valence-corrected chi connectivity index (χ1v) is 9.16. The largest absolute Gasteiger partial charge is 0.311 e. The highest BCUT2D eigenvalue weighted by molar-refractivity contribution is 7.89. The Labute approximate surface area is 134 Å². The van der Waals surface area contributed by atoms with E-state index in [1.165, 1.54) is 11.3 Å². The van der Waals surface area contributed by atoms with Crippen molar-refractivity contribution in [3.63, 3.8) is 0 Å². The summed E-state index contributed by atoms with van der Waals surface area (Å²) in [5.74, 6) is 0. The maximum Gasteiger partial charge on any atom is 0.240 e. The molecule has 7 heteroatoms. The van der Waals surface area contributed by atoms with Crippen LogP contribution in [0.5, 0.6) is 0 Å². The molecule has 114 valence electrons. The van der Waals surface area contributed by atoms with Crippen LogP contribution in [0, 0.1) is 6.92 Å². The Morgan fingerprint density at radius 1 is 1.10 bits per heavy atom. The maximum atomic E-state index is 12.0. The number of hydrogen-bond acceptors (Lipinski definition) is 4. The molecule has 0 unspecified atom stereocenters. The minimum Gasteiger partial charge on any atom is -0.311 e. The van der Waals surface area contributed by atoms with Gasteiger partial charge in [-0.1, -0.05) is 29.3 Å². The van der Waals surface area contributed by atoms with Gasteiger partial charge in [0.2, 0.25) is 10.0 Å². The van der Waals surface area contributed by atoms with Gasteiger partial charge in [0.25, 0.3) is 0 Å². The van der Waals surface area contributed by atoms with Crippen LogP contribution in [0.3, 0.4) is 0 Å².